The van der Waals surface area contributed by atoms with E-state index in [1.54, 1.807) is 24.3 Å². The van der Waals surface area contributed by atoms with Gasteiger partial charge in [0.2, 0.25) is 0 Å². The van der Waals surface area contributed by atoms with Crippen molar-refractivity contribution >= 4 is 5.91 Å². The Morgan fingerprint density at radius 3 is 2.45 bits per heavy atom. The van der Waals surface area contributed by atoms with E-state index in [0.29, 0.717) is 11.1 Å². The third-order valence-corrected chi connectivity index (χ3v) is 2.86. The number of nitrogens with zero attached hydrogens (tertiary/aromatic N) is 1. The lowest BCUT2D eigenvalue weighted by molar-refractivity contribution is 0.0959. The van der Waals surface area contributed by atoms with Gasteiger partial charge in [0.1, 0.15) is 0 Å². The Balaban J connectivity index is 2.51. The number of hydrogen-bond donors (Lipinski definition) is 1. The van der Waals surface area contributed by atoms with Gasteiger partial charge in [0.25, 0.3) is 5.91 Å². The van der Waals surface area contributed by atoms with Crippen LogP contribution in [0.4, 0.5) is 0 Å². The van der Waals surface area contributed by atoms with Gasteiger partial charge in [0.05, 0.1) is 18.2 Å². The molecule has 96 valence electrons. The van der Waals surface area contributed by atoms with Crippen LogP contribution in [-0.2, 0) is 0 Å². The zero-order chi connectivity index (χ0) is 14.4. The summed E-state index contributed by atoms with van der Waals surface area (Å²) in [7, 11) is 0. The molecule has 20 heavy (non-hydrogen) atoms. The predicted molar refractivity (Wildman–Crippen MR) is 77.8 cm³/mol. The van der Waals surface area contributed by atoms with E-state index in [0.717, 1.165) is 11.1 Å². The maximum absolute atomic E-state index is 12.1. The molecule has 0 aromatic heterocycles. The summed E-state index contributed by atoms with van der Waals surface area (Å²) in [4.78, 5) is 12.1. The highest BCUT2D eigenvalue weighted by Crippen LogP contribution is 2.26. The highest BCUT2D eigenvalue weighted by molar-refractivity contribution is 6.01. The van der Waals surface area contributed by atoms with Crippen LogP contribution in [0, 0.1) is 23.7 Å². The second-order valence-electron chi connectivity index (χ2n) is 4.09. The first-order valence-corrected chi connectivity index (χ1v) is 6.08. The van der Waals surface area contributed by atoms with Crippen molar-refractivity contribution in [2.24, 2.45) is 0 Å². The minimum absolute atomic E-state index is 0.174. The largest absolute Gasteiger partial charge is 0.341 e. The molecule has 2 aromatic rings. The van der Waals surface area contributed by atoms with Crippen molar-refractivity contribution in [1.82, 2.24) is 5.32 Å². The van der Waals surface area contributed by atoms with Crippen molar-refractivity contribution < 1.29 is 4.79 Å². The Hall–Kier alpha value is -3.04. The molecule has 1 amide bonds. The fraction of sp³-hybridized carbons (Fsp3) is 0.0588. The average molecular weight is 260 g/mol. The molecule has 0 aliphatic carbocycles. The number of carbonyl (C=O) groups excluding carboxylic acids is 1. The van der Waals surface area contributed by atoms with Crippen molar-refractivity contribution in [3.63, 3.8) is 0 Å². The van der Waals surface area contributed by atoms with Crippen LogP contribution in [0.1, 0.15) is 15.9 Å². The molecular weight excluding hydrogens is 248 g/mol. The molecule has 3 heteroatoms. The van der Waals surface area contributed by atoms with E-state index in [1.165, 1.54) is 0 Å². The van der Waals surface area contributed by atoms with Crippen LogP contribution in [0.25, 0.3) is 11.1 Å². The summed E-state index contributed by atoms with van der Waals surface area (Å²) >= 11 is 0. The summed E-state index contributed by atoms with van der Waals surface area (Å²) in [5.41, 5.74) is 2.50. The lowest BCUT2D eigenvalue weighted by Crippen LogP contribution is -2.24. The van der Waals surface area contributed by atoms with Crippen LogP contribution in [0.15, 0.2) is 48.5 Å². The fourth-order valence-electron chi connectivity index (χ4n) is 1.96. The molecule has 2 rings (SSSR count). The minimum atomic E-state index is -0.244. The van der Waals surface area contributed by atoms with E-state index in [9.17, 15) is 10.1 Å². The smallest absolute Gasteiger partial charge is 0.252 e. The molecule has 0 saturated carbocycles. The molecule has 0 heterocycles. The number of amides is 1. The normalized spacial score (nSPS) is 9.30. The van der Waals surface area contributed by atoms with Gasteiger partial charge < -0.3 is 5.32 Å². The maximum atomic E-state index is 12.1. The third-order valence-electron chi connectivity index (χ3n) is 2.86. The van der Waals surface area contributed by atoms with E-state index in [-0.39, 0.29) is 12.5 Å². The van der Waals surface area contributed by atoms with Crippen LogP contribution < -0.4 is 5.32 Å². The summed E-state index contributed by atoms with van der Waals surface area (Å²) < 4.78 is 0. The van der Waals surface area contributed by atoms with Crippen molar-refractivity contribution in [1.29, 1.82) is 5.26 Å². The van der Waals surface area contributed by atoms with E-state index in [4.69, 9.17) is 6.42 Å². The molecule has 0 spiro atoms. The van der Waals surface area contributed by atoms with Crippen LogP contribution in [0.3, 0.4) is 0 Å². The first-order chi connectivity index (χ1) is 9.77. The average Bonchev–Trinajstić information content (AvgIpc) is 2.52. The van der Waals surface area contributed by atoms with E-state index < -0.39 is 0 Å². The van der Waals surface area contributed by atoms with Gasteiger partial charge in [-0.2, -0.15) is 5.26 Å². The molecular formula is C17H12N2O. The highest BCUT2D eigenvalue weighted by Gasteiger charge is 2.13. The number of benzene rings is 2. The number of rotatable bonds is 3. The van der Waals surface area contributed by atoms with Gasteiger partial charge in [-0.05, 0) is 17.7 Å². The minimum Gasteiger partial charge on any atom is -0.341 e. The first-order valence-electron chi connectivity index (χ1n) is 6.08. The number of nitriles is 1. The second kappa shape index (κ2) is 6.22. The van der Waals surface area contributed by atoms with Gasteiger partial charge in [0, 0.05) is 11.1 Å². The van der Waals surface area contributed by atoms with Gasteiger partial charge >= 0.3 is 0 Å². The molecule has 0 aliphatic heterocycles. The van der Waals surface area contributed by atoms with Gasteiger partial charge in [0.15, 0.2) is 0 Å². The molecule has 0 bridgehead atoms. The van der Waals surface area contributed by atoms with Crippen molar-refractivity contribution in [2.45, 2.75) is 0 Å². The second-order valence-corrected chi connectivity index (χ2v) is 4.09. The summed E-state index contributed by atoms with van der Waals surface area (Å²) in [6, 6.07) is 16.5. The molecule has 0 atom stereocenters. The van der Waals surface area contributed by atoms with E-state index in [2.05, 4.69) is 17.3 Å². The quantitative estimate of drug-likeness (QED) is 0.862. The monoisotopic (exact) mass is 260 g/mol. The number of nitrogens with one attached hydrogen (secondary N) is 1. The zero-order valence-corrected chi connectivity index (χ0v) is 10.8. The van der Waals surface area contributed by atoms with Crippen LogP contribution in [-0.4, -0.2) is 12.5 Å². The van der Waals surface area contributed by atoms with Crippen molar-refractivity contribution in [3.8, 4) is 29.5 Å². The third kappa shape index (κ3) is 2.68. The summed E-state index contributed by atoms with van der Waals surface area (Å²) in [5.74, 6) is 2.12. The zero-order valence-electron chi connectivity index (χ0n) is 10.8. The molecule has 0 unspecified atom stereocenters. The number of carbonyl (C=O) groups is 1. The topological polar surface area (TPSA) is 52.9 Å². The molecule has 0 saturated heterocycles. The lowest BCUT2D eigenvalue weighted by atomic mass is 9.95. The molecule has 1 N–H and O–H groups in total. The van der Waals surface area contributed by atoms with Crippen molar-refractivity contribution in [2.75, 3.05) is 6.54 Å². The Bertz CT molecular complexity index is 720. The molecule has 2 aromatic carbocycles. The highest BCUT2D eigenvalue weighted by atomic mass is 16.1. The van der Waals surface area contributed by atoms with Gasteiger partial charge in [-0.3, -0.25) is 4.79 Å². The standard InChI is InChI=1S/C17H12N2O/c1-2-11-19-17(20)16-10-6-5-9-15(16)14-8-4-3-7-13(14)12-18/h1,3-10H,11H2,(H,19,20). The predicted octanol–water partition coefficient (Wildman–Crippen LogP) is 2.59. The van der Waals surface area contributed by atoms with Gasteiger partial charge in [-0.15, -0.1) is 6.42 Å². The SMILES string of the molecule is C#CCNC(=O)c1ccccc1-c1ccccc1C#N. The summed E-state index contributed by atoms with van der Waals surface area (Å²) in [6.07, 6.45) is 5.14. The van der Waals surface area contributed by atoms with Crippen LogP contribution in [0.5, 0.6) is 0 Å². The number of terminal acetylenes is 1. The number of hydrogen-bond acceptors (Lipinski definition) is 2. The molecule has 0 fully saturated rings. The Kier molecular flexibility index (Phi) is 4.17. The Labute approximate surface area is 117 Å². The fourth-order valence-corrected chi connectivity index (χ4v) is 1.96. The summed E-state index contributed by atoms with van der Waals surface area (Å²) in [5, 5.41) is 11.8. The van der Waals surface area contributed by atoms with Crippen LogP contribution in [0.2, 0.25) is 0 Å². The summed E-state index contributed by atoms with van der Waals surface area (Å²) in [6.45, 7) is 0.174. The van der Waals surface area contributed by atoms with Crippen molar-refractivity contribution in [3.05, 3.63) is 59.7 Å². The van der Waals surface area contributed by atoms with Gasteiger partial charge in [-0.1, -0.05) is 42.3 Å². The Morgan fingerprint density at radius 1 is 1.10 bits per heavy atom. The van der Waals surface area contributed by atoms with Crippen LogP contribution >= 0.6 is 0 Å². The Morgan fingerprint density at radius 2 is 1.75 bits per heavy atom. The molecule has 0 aliphatic rings. The van der Waals surface area contributed by atoms with E-state index >= 15 is 0 Å². The molecule has 3 nitrogen and oxygen atoms in total. The van der Waals surface area contributed by atoms with E-state index in [1.807, 2.05) is 24.3 Å². The lowest BCUT2D eigenvalue weighted by Gasteiger charge is -2.10. The first kappa shape index (κ1) is 13.4. The molecule has 0 radical (unpaired) electrons. The van der Waals surface area contributed by atoms with Gasteiger partial charge in [-0.25, -0.2) is 0 Å². The maximum Gasteiger partial charge on any atom is 0.252 e.